The summed E-state index contributed by atoms with van der Waals surface area (Å²) in [7, 11) is 0. The fourth-order valence-corrected chi connectivity index (χ4v) is 0.448. The first-order chi connectivity index (χ1) is 4.39. The molecule has 0 aliphatic rings. The van der Waals surface area contributed by atoms with E-state index in [0.29, 0.717) is 0 Å². The third-order valence-corrected chi connectivity index (χ3v) is 0.813. The minimum Gasteiger partial charge on any atom is -0.358 e. The Morgan fingerprint density at radius 2 is 1.58 bits per heavy atom. The Kier molecular flexibility index (Phi) is 33.0. The molecule has 0 bridgehead atoms. The Morgan fingerprint density at radius 1 is 1.08 bits per heavy atom. The van der Waals surface area contributed by atoms with Crippen LogP contribution < -0.4 is 0 Å². The van der Waals surface area contributed by atoms with Gasteiger partial charge in [0.25, 0.3) is 0 Å². The molecule has 69 valence electrons. The molecule has 0 aliphatic heterocycles. The van der Waals surface area contributed by atoms with E-state index in [4.69, 9.17) is 0 Å². The van der Waals surface area contributed by atoms with Gasteiger partial charge in [0.2, 0.25) is 0 Å². The first-order valence-corrected chi connectivity index (χ1v) is 3.27. The maximum atomic E-state index is 3.98. The average molecular weight is 242 g/mol. The molecule has 0 unspecified atom stereocenters. The van der Waals surface area contributed by atoms with Crippen LogP contribution in [0.2, 0.25) is 0 Å². The Labute approximate surface area is 103 Å². The van der Waals surface area contributed by atoms with E-state index in [9.17, 15) is 0 Å². The molecule has 0 N–H and O–H groups in total. The van der Waals surface area contributed by atoms with Crippen LogP contribution in [0.5, 0.6) is 0 Å². The van der Waals surface area contributed by atoms with Crippen molar-refractivity contribution in [2.75, 3.05) is 0 Å². The van der Waals surface area contributed by atoms with Crippen LogP contribution in [-0.4, -0.2) is 4.98 Å². The number of aromatic nitrogens is 1. The summed E-state index contributed by atoms with van der Waals surface area (Å²) in [6.45, 7) is 5.97. The second-order valence-electron chi connectivity index (χ2n) is 1.47. The van der Waals surface area contributed by atoms with Crippen LogP contribution in [0.3, 0.4) is 0 Å². The van der Waals surface area contributed by atoms with Gasteiger partial charge in [-0.15, -0.1) is 0 Å². The molecule has 1 aromatic heterocycles. The van der Waals surface area contributed by atoms with Gasteiger partial charge >= 0.3 is 0 Å². The van der Waals surface area contributed by atoms with E-state index in [1.54, 1.807) is 6.20 Å². The van der Waals surface area contributed by atoms with Gasteiger partial charge in [0, 0.05) is 44.6 Å². The molecule has 1 heterocycles. The van der Waals surface area contributed by atoms with Crippen LogP contribution in [0.4, 0.5) is 0 Å². The van der Waals surface area contributed by atoms with Gasteiger partial charge in [-0.1, -0.05) is 19.9 Å². The largest absolute Gasteiger partial charge is 0.358 e. The minimum atomic E-state index is 0. The molecule has 1 rings (SSSR count). The Morgan fingerprint density at radius 3 is 1.75 bits per heavy atom. The monoisotopic (exact) mass is 242 g/mol. The maximum absolute atomic E-state index is 3.98. The van der Waals surface area contributed by atoms with E-state index >= 15 is 0 Å². The van der Waals surface area contributed by atoms with Gasteiger partial charge in [0.05, 0.1) is 0 Å². The Hall–Kier alpha value is 0.254. The van der Waals surface area contributed by atoms with Crippen LogP contribution >= 0.6 is 0 Å². The van der Waals surface area contributed by atoms with Crippen molar-refractivity contribution < 1.29 is 32.7 Å². The van der Waals surface area contributed by atoms with Crippen molar-refractivity contribution in [2.24, 2.45) is 0 Å². The number of aryl methyl sites for hydroxylation is 1. The van der Waals surface area contributed by atoms with Gasteiger partial charge in [-0.2, -0.15) is 0 Å². The summed E-state index contributed by atoms with van der Waals surface area (Å²) in [5.41, 5.74) is 1.07. The Bertz CT molecular complexity index is 140. The fourth-order valence-electron chi connectivity index (χ4n) is 0.448. The fraction of sp³-hybridized carbons (Fsp3) is 0.300. The van der Waals surface area contributed by atoms with E-state index < -0.39 is 0 Å². The summed E-state index contributed by atoms with van der Waals surface area (Å²) < 4.78 is 0. The Balaban J connectivity index is -0.0000000600. The van der Waals surface area contributed by atoms with Gasteiger partial charge in [0.1, 0.15) is 0 Å². The number of nitrogens with zero attached hydrogens (tertiary/aromatic N) is 1. The molecule has 1 radical (unpaired) electrons. The normalized spacial score (nSPS) is 5.58. The molecular formula is C10H19NY-2. The number of hydrogen-bond donors (Lipinski definition) is 0. The molecule has 2 heteroatoms. The predicted molar refractivity (Wildman–Crippen MR) is 53.2 cm³/mol. The van der Waals surface area contributed by atoms with Crippen molar-refractivity contribution in [1.82, 2.24) is 4.98 Å². The van der Waals surface area contributed by atoms with E-state index in [2.05, 4.69) is 4.98 Å². The zero-order valence-corrected chi connectivity index (χ0v) is 11.7. The number of pyridine rings is 1. The average Bonchev–Trinajstić information content (AvgIpc) is 1.94. The summed E-state index contributed by atoms with van der Waals surface area (Å²) in [6, 6.07) is 5.86. The summed E-state index contributed by atoms with van der Waals surface area (Å²) in [5, 5.41) is 0. The molecule has 1 aromatic rings. The molecular weight excluding hydrogens is 223 g/mol. The van der Waals surface area contributed by atoms with Crippen LogP contribution in [0.25, 0.3) is 0 Å². The summed E-state index contributed by atoms with van der Waals surface area (Å²) in [6.07, 6.45) is 1.79. The smallest absolute Gasteiger partial charge is 0.0372 e. The third kappa shape index (κ3) is 12.9. The molecule has 0 fully saturated rings. The van der Waals surface area contributed by atoms with Crippen LogP contribution in [-0.2, 0) is 32.7 Å². The van der Waals surface area contributed by atoms with Crippen LogP contribution in [0.1, 0.15) is 19.5 Å². The molecule has 1 nitrogen and oxygen atoms in total. The van der Waals surface area contributed by atoms with E-state index in [1.807, 2.05) is 39.0 Å². The molecule has 0 aliphatic carbocycles. The van der Waals surface area contributed by atoms with E-state index in [-0.39, 0.29) is 47.6 Å². The predicted octanol–water partition coefficient (Wildman–Crippen LogP) is 3.31. The molecule has 0 saturated carbocycles. The van der Waals surface area contributed by atoms with Crippen molar-refractivity contribution in [3.05, 3.63) is 44.9 Å². The second kappa shape index (κ2) is 17.4. The SMILES string of the molecule is CC.Cc1ccccn1.[CH3-].[CH3-].[Y]. The molecule has 0 spiro atoms. The molecule has 0 amide bonds. The van der Waals surface area contributed by atoms with Crippen molar-refractivity contribution in [1.29, 1.82) is 0 Å². The van der Waals surface area contributed by atoms with Crippen molar-refractivity contribution in [3.8, 4) is 0 Å². The molecule has 0 atom stereocenters. The summed E-state index contributed by atoms with van der Waals surface area (Å²) in [5.74, 6) is 0. The first-order valence-electron chi connectivity index (χ1n) is 3.27. The minimum absolute atomic E-state index is 0. The van der Waals surface area contributed by atoms with Gasteiger partial charge in [-0.3, -0.25) is 4.98 Å². The topological polar surface area (TPSA) is 12.9 Å². The van der Waals surface area contributed by atoms with Gasteiger partial charge in [0.15, 0.2) is 0 Å². The van der Waals surface area contributed by atoms with E-state index in [0.717, 1.165) is 5.69 Å². The standard InChI is InChI=1S/C6H7N.C2H6.2CH3.Y/c1-6-4-2-3-5-7-6;1-2;;;/h2-5H,1H3;1-2H3;2*1H3;/q;;2*-1;. The molecule has 0 saturated heterocycles. The number of rotatable bonds is 0. The quantitative estimate of drug-likeness (QED) is 0.636. The van der Waals surface area contributed by atoms with Crippen molar-refractivity contribution >= 4 is 0 Å². The maximum Gasteiger partial charge on any atom is 0.0372 e. The second-order valence-corrected chi connectivity index (χ2v) is 1.47. The molecule has 12 heavy (non-hydrogen) atoms. The van der Waals surface area contributed by atoms with Gasteiger partial charge < -0.3 is 14.9 Å². The van der Waals surface area contributed by atoms with Gasteiger partial charge in [-0.25, -0.2) is 0 Å². The number of hydrogen-bond acceptors (Lipinski definition) is 1. The van der Waals surface area contributed by atoms with Crippen LogP contribution in [0.15, 0.2) is 24.4 Å². The zero-order chi connectivity index (χ0) is 7.11. The summed E-state index contributed by atoms with van der Waals surface area (Å²) in [4.78, 5) is 3.98. The summed E-state index contributed by atoms with van der Waals surface area (Å²) >= 11 is 0. The molecule has 0 aromatic carbocycles. The van der Waals surface area contributed by atoms with E-state index in [1.165, 1.54) is 0 Å². The third-order valence-electron chi connectivity index (χ3n) is 0.813. The van der Waals surface area contributed by atoms with Crippen molar-refractivity contribution in [3.63, 3.8) is 0 Å². The zero-order valence-electron chi connectivity index (χ0n) is 8.83. The van der Waals surface area contributed by atoms with Gasteiger partial charge in [-0.05, 0) is 19.1 Å². The van der Waals surface area contributed by atoms with Crippen LogP contribution in [0, 0.1) is 21.8 Å². The first kappa shape index (κ1) is 22.8. The van der Waals surface area contributed by atoms with Crippen molar-refractivity contribution in [2.45, 2.75) is 20.8 Å².